The number of halogens is 1. The Labute approximate surface area is 184 Å². The molecule has 0 spiro atoms. The number of benzene rings is 1. The number of anilines is 1. The van der Waals surface area contributed by atoms with E-state index >= 15 is 0 Å². The molecular formula is C21H26BrN5O3. The highest BCUT2D eigenvalue weighted by atomic mass is 79.9. The standard InChI is InChI=1S/C21H26BrN5O3/c1-4-18(27-13-16(22)10-24-27)21(28)25-17-11-23-26(14-17)12-15-7-8-19(29-5-2)20(9-15)30-6-3/h7-11,13-14,18H,4-6,12H2,1-3H3,(H,25,28). The number of nitrogens with zero attached hydrogens (tertiary/aromatic N) is 4. The Morgan fingerprint density at radius 1 is 1.10 bits per heavy atom. The van der Waals surface area contributed by atoms with Gasteiger partial charge < -0.3 is 14.8 Å². The van der Waals surface area contributed by atoms with Gasteiger partial charge in [-0.2, -0.15) is 10.2 Å². The van der Waals surface area contributed by atoms with Gasteiger partial charge in [0.05, 0.1) is 42.3 Å². The van der Waals surface area contributed by atoms with Gasteiger partial charge >= 0.3 is 0 Å². The Bertz CT molecular complexity index is 985. The van der Waals surface area contributed by atoms with Gasteiger partial charge in [0.25, 0.3) is 0 Å². The molecule has 1 amide bonds. The Morgan fingerprint density at radius 3 is 2.53 bits per heavy atom. The third-order valence-electron chi connectivity index (χ3n) is 4.43. The van der Waals surface area contributed by atoms with E-state index in [-0.39, 0.29) is 11.9 Å². The zero-order valence-corrected chi connectivity index (χ0v) is 18.9. The molecule has 2 aromatic heterocycles. The van der Waals surface area contributed by atoms with E-state index in [9.17, 15) is 4.79 Å². The Morgan fingerprint density at radius 2 is 1.87 bits per heavy atom. The maximum atomic E-state index is 12.7. The Hall–Kier alpha value is -2.81. The highest BCUT2D eigenvalue weighted by Crippen LogP contribution is 2.29. The SMILES string of the molecule is CCOc1ccc(Cn2cc(NC(=O)C(CC)n3cc(Br)cn3)cn2)cc1OCC. The van der Waals surface area contributed by atoms with Gasteiger partial charge in [0.1, 0.15) is 6.04 Å². The smallest absolute Gasteiger partial charge is 0.249 e. The zero-order valence-electron chi connectivity index (χ0n) is 17.3. The van der Waals surface area contributed by atoms with Crippen LogP contribution in [0.15, 0.2) is 47.5 Å². The number of carbonyl (C=O) groups is 1. The van der Waals surface area contributed by atoms with Gasteiger partial charge in [-0.05, 0) is 53.9 Å². The van der Waals surface area contributed by atoms with Crippen LogP contribution >= 0.6 is 15.9 Å². The van der Waals surface area contributed by atoms with E-state index in [1.54, 1.807) is 34.2 Å². The molecule has 3 rings (SSSR count). The van der Waals surface area contributed by atoms with Gasteiger partial charge in [0.15, 0.2) is 11.5 Å². The summed E-state index contributed by atoms with van der Waals surface area (Å²) in [6.07, 6.45) is 7.53. The van der Waals surface area contributed by atoms with Crippen molar-refractivity contribution in [2.75, 3.05) is 18.5 Å². The van der Waals surface area contributed by atoms with Crippen molar-refractivity contribution in [1.29, 1.82) is 0 Å². The summed E-state index contributed by atoms with van der Waals surface area (Å²) in [6.45, 7) is 7.52. The van der Waals surface area contributed by atoms with Crippen molar-refractivity contribution in [2.45, 2.75) is 39.8 Å². The Kier molecular flexibility index (Phi) is 7.51. The van der Waals surface area contributed by atoms with Gasteiger partial charge in [-0.1, -0.05) is 13.0 Å². The number of aromatic nitrogens is 4. The summed E-state index contributed by atoms with van der Waals surface area (Å²) in [5, 5.41) is 11.5. The van der Waals surface area contributed by atoms with Crippen molar-refractivity contribution < 1.29 is 14.3 Å². The number of rotatable bonds is 10. The molecule has 0 aliphatic rings. The molecule has 0 fully saturated rings. The first kappa shape index (κ1) is 21.9. The summed E-state index contributed by atoms with van der Waals surface area (Å²) in [5.41, 5.74) is 1.66. The highest BCUT2D eigenvalue weighted by Gasteiger charge is 2.20. The van der Waals surface area contributed by atoms with Gasteiger partial charge in [-0.15, -0.1) is 0 Å². The molecule has 0 aliphatic heterocycles. The minimum atomic E-state index is -0.389. The normalized spacial score (nSPS) is 11.9. The third-order valence-corrected chi connectivity index (χ3v) is 4.84. The van der Waals surface area contributed by atoms with E-state index in [2.05, 4.69) is 31.4 Å². The summed E-state index contributed by atoms with van der Waals surface area (Å²) in [6, 6.07) is 5.46. The van der Waals surface area contributed by atoms with E-state index in [0.29, 0.717) is 37.6 Å². The fourth-order valence-electron chi connectivity index (χ4n) is 3.10. The molecule has 0 radical (unpaired) electrons. The minimum Gasteiger partial charge on any atom is -0.490 e. The molecule has 3 aromatic rings. The summed E-state index contributed by atoms with van der Waals surface area (Å²) in [7, 11) is 0. The van der Waals surface area contributed by atoms with Crippen LogP contribution in [0.2, 0.25) is 0 Å². The fraction of sp³-hybridized carbons (Fsp3) is 0.381. The van der Waals surface area contributed by atoms with E-state index in [4.69, 9.17) is 9.47 Å². The second-order valence-electron chi connectivity index (χ2n) is 6.63. The zero-order chi connectivity index (χ0) is 21.5. The van der Waals surface area contributed by atoms with E-state index in [1.165, 1.54) is 0 Å². The summed E-state index contributed by atoms with van der Waals surface area (Å²) in [5.74, 6) is 1.31. The molecule has 9 heteroatoms. The van der Waals surface area contributed by atoms with E-state index in [1.807, 2.05) is 39.0 Å². The maximum Gasteiger partial charge on any atom is 0.249 e. The second kappa shape index (κ2) is 10.3. The number of hydrogen-bond acceptors (Lipinski definition) is 5. The van der Waals surface area contributed by atoms with Crippen LogP contribution < -0.4 is 14.8 Å². The van der Waals surface area contributed by atoms with Crippen LogP contribution in [-0.4, -0.2) is 38.7 Å². The predicted molar refractivity (Wildman–Crippen MR) is 118 cm³/mol. The van der Waals surface area contributed by atoms with Crippen LogP contribution in [0.5, 0.6) is 11.5 Å². The number of amides is 1. The van der Waals surface area contributed by atoms with Crippen molar-refractivity contribution >= 4 is 27.5 Å². The molecule has 8 nitrogen and oxygen atoms in total. The van der Waals surface area contributed by atoms with Crippen LogP contribution in [0.4, 0.5) is 5.69 Å². The second-order valence-corrected chi connectivity index (χ2v) is 7.54. The first-order valence-corrected chi connectivity index (χ1v) is 10.7. The topological polar surface area (TPSA) is 83.2 Å². The summed E-state index contributed by atoms with van der Waals surface area (Å²) >= 11 is 3.36. The minimum absolute atomic E-state index is 0.132. The molecule has 0 aliphatic carbocycles. The predicted octanol–water partition coefficient (Wildman–Crippen LogP) is 4.28. The van der Waals surface area contributed by atoms with Crippen molar-refractivity contribution in [2.24, 2.45) is 0 Å². The monoisotopic (exact) mass is 475 g/mol. The molecular weight excluding hydrogens is 450 g/mol. The molecule has 0 saturated carbocycles. The van der Waals surface area contributed by atoms with E-state index in [0.717, 1.165) is 15.8 Å². The highest BCUT2D eigenvalue weighted by molar-refractivity contribution is 9.10. The van der Waals surface area contributed by atoms with Gasteiger partial charge in [-0.3, -0.25) is 14.2 Å². The third kappa shape index (κ3) is 5.41. The quantitative estimate of drug-likeness (QED) is 0.473. The number of carbonyl (C=O) groups excluding carboxylic acids is 1. The number of ether oxygens (including phenoxy) is 2. The molecule has 0 bridgehead atoms. The van der Waals surface area contributed by atoms with Crippen LogP contribution in [0.1, 0.15) is 38.8 Å². The molecule has 160 valence electrons. The first-order chi connectivity index (χ1) is 14.5. The summed E-state index contributed by atoms with van der Waals surface area (Å²) in [4.78, 5) is 12.7. The molecule has 30 heavy (non-hydrogen) atoms. The van der Waals surface area contributed by atoms with Crippen LogP contribution in [-0.2, 0) is 11.3 Å². The van der Waals surface area contributed by atoms with Crippen LogP contribution in [0.3, 0.4) is 0 Å². The average molecular weight is 476 g/mol. The lowest BCUT2D eigenvalue weighted by Crippen LogP contribution is -2.25. The van der Waals surface area contributed by atoms with Crippen LogP contribution in [0, 0.1) is 0 Å². The fourth-order valence-corrected chi connectivity index (χ4v) is 3.40. The molecule has 1 N–H and O–H groups in total. The van der Waals surface area contributed by atoms with Crippen molar-refractivity contribution in [3.63, 3.8) is 0 Å². The largest absolute Gasteiger partial charge is 0.490 e. The lowest BCUT2D eigenvalue weighted by atomic mass is 10.2. The first-order valence-electron chi connectivity index (χ1n) is 9.95. The molecule has 1 atom stereocenters. The van der Waals surface area contributed by atoms with E-state index < -0.39 is 0 Å². The molecule has 1 aromatic carbocycles. The van der Waals surface area contributed by atoms with Gasteiger partial charge in [0.2, 0.25) is 5.91 Å². The molecule has 1 unspecified atom stereocenters. The average Bonchev–Trinajstić information content (AvgIpc) is 3.34. The van der Waals surface area contributed by atoms with Crippen molar-refractivity contribution in [3.05, 3.63) is 53.0 Å². The molecule has 2 heterocycles. The lowest BCUT2D eigenvalue weighted by Gasteiger charge is -2.14. The van der Waals surface area contributed by atoms with Crippen LogP contribution in [0.25, 0.3) is 0 Å². The summed E-state index contributed by atoms with van der Waals surface area (Å²) < 4.78 is 15.6. The van der Waals surface area contributed by atoms with Crippen molar-refractivity contribution in [3.8, 4) is 11.5 Å². The van der Waals surface area contributed by atoms with Gasteiger partial charge in [-0.25, -0.2) is 0 Å². The van der Waals surface area contributed by atoms with Gasteiger partial charge in [0, 0.05) is 12.4 Å². The number of hydrogen-bond donors (Lipinski definition) is 1. The van der Waals surface area contributed by atoms with Crippen molar-refractivity contribution in [1.82, 2.24) is 19.6 Å². The number of nitrogens with one attached hydrogen (secondary N) is 1. The lowest BCUT2D eigenvalue weighted by molar-refractivity contribution is -0.119. The molecule has 0 saturated heterocycles. The Balaban J connectivity index is 1.67. The maximum absolute atomic E-state index is 12.7.